The molecule has 1 aromatic carbocycles. The van der Waals surface area contributed by atoms with Gasteiger partial charge in [-0.3, -0.25) is 4.79 Å². The lowest BCUT2D eigenvalue weighted by atomic mass is 10.1. The molecule has 0 radical (unpaired) electrons. The topological polar surface area (TPSA) is 29.5 Å². The van der Waals surface area contributed by atoms with Crippen molar-refractivity contribution in [3.63, 3.8) is 0 Å². The second-order valence-corrected chi connectivity index (χ2v) is 4.62. The number of hydrogen-bond acceptors (Lipinski definition) is 2. The van der Waals surface area contributed by atoms with Crippen molar-refractivity contribution in [1.82, 2.24) is 4.90 Å². The number of amides is 1. The van der Waals surface area contributed by atoms with Gasteiger partial charge in [-0.15, -0.1) is 0 Å². The summed E-state index contributed by atoms with van der Waals surface area (Å²) in [6, 6.07) is 6.06. The molecule has 0 atom stereocenters. The number of methoxy groups -OCH3 is 1. The monoisotopic (exact) mass is 253 g/mol. The molecule has 0 aliphatic heterocycles. The zero-order chi connectivity index (χ0) is 13.5. The molecule has 0 saturated carbocycles. The fourth-order valence-electron chi connectivity index (χ4n) is 1.72. The summed E-state index contributed by atoms with van der Waals surface area (Å²) in [5.41, 5.74) is 0.120. The van der Waals surface area contributed by atoms with Crippen LogP contribution >= 0.6 is 0 Å². The number of carbonyl (C=O) groups is 1. The summed E-state index contributed by atoms with van der Waals surface area (Å²) in [6.45, 7) is 5.56. The summed E-state index contributed by atoms with van der Waals surface area (Å²) in [7, 11) is 1.58. The van der Waals surface area contributed by atoms with Crippen LogP contribution in [0.5, 0.6) is 0 Å². The van der Waals surface area contributed by atoms with Gasteiger partial charge in [0.05, 0.1) is 12.2 Å². The van der Waals surface area contributed by atoms with Gasteiger partial charge in [-0.25, -0.2) is 4.39 Å². The van der Waals surface area contributed by atoms with Crippen LogP contribution in [0.1, 0.15) is 24.2 Å². The van der Waals surface area contributed by atoms with Crippen molar-refractivity contribution in [2.24, 2.45) is 5.92 Å². The predicted octanol–water partition coefficient (Wildman–Crippen LogP) is 2.57. The highest BCUT2D eigenvalue weighted by atomic mass is 19.1. The van der Waals surface area contributed by atoms with Crippen molar-refractivity contribution in [3.8, 4) is 0 Å². The van der Waals surface area contributed by atoms with E-state index >= 15 is 0 Å². The molecular weight excluding hydrogens is 233 g/mol. The molecular formula is C14H20FNO2. The summed E-state index contributed by atoms with van der Waals surface area (Å²) < 4.78 is 18.6. The standard InChI is InChI=1S/C14H20FNO2/c1-11(2)10-16(8-9-18-3)14(17)12-6-4-5-7-13(12)15/h4-7,11H,8-10H2,1-3H3. The Morgan fingerprint density at radius 1 is 1.39 bits per heavy atom. The smallest absolute Gasteiger partial charge is 0.256 e. The Kier molecular flexibility index (Phi) is 5.78. The number of nitrogens with zero attached hydrogens (tertiary/aromatic N) is 1. The first-order chi connectivity index (χ1) is 8.56. The van der Waals surface area contributed by atoms with Crippen LogP contribution in [0.2, 0.25) is 0 Å². The normalized spacial score (nSPS) is 10.7. The van der Waals surface area contributed by atoms with Crippen LogP contribution in [-0.4, -0.2) is 37.6 Å². The Balaban J connectivity index is 2.84. The highest BCUT2D eigenvalue weighted by molar-refractivity contribution is 5.94. The molecule has 1 amide bonds. The number of carbonyl (C=O) groups excluding carboxylic acids is 1. The van der Waals surface area contributed by atoms with Gasteiger partial charge >= 0.3 is 0 Å². The molecule has 0 saturated heterocycles. The number of ether oxygens (including phenoxy) is 1. The molecule has 0 spiro atoms. The first-order valence-electron chi connectivity index (χ1n) is 6.09. The largest absolute Gasteiger partial charge is 0.383 e. The van der Waals surface area contributed by atoms with Gasteiger partial charge in [0, 0.05) is 20.2 Å². The molecule has 4 heteroatoms. The molecule has 0 fully saturated rings. The summed E-state index contributed by atoms with van der Waals surface area (Å²) in [5, 5.41) is 0. The third-order valence-corrected chi connectivity index (χ3v) is 2.54. The fraction of sp³-hybridized carbons (Fsp3) is 0.500. The Morgan fingerprint density at radius 3 is 2.61 bits per heavy atom. The Labute approximate surface area is 108 Å². The maximum absolute atomic E-state index is 13.6. The molecule has 3 nitrogen and oxygen atoms in total. The molecule has 0 aliphatic carbocycles. The minimum atomic E-state index is -0.478. The molecule has 100 valence electrons. The number of benzene rings is 1. The van der Waals surface area contributed by atoms with Crippen molar-refractivity contribution in [1.29, 1.82) is 0 Å². The van der Waals surface area contributed by atoms with Gasteiger partial charge in [0.25, 0.3) is 5.91 Å². The van der Waals surface area contributed by atoms with E-state index in [4.69, 9.17) is 4.74 Å². The molecule has 1 rings (SSSR count). The van der Waals surface area contributed by atoms with Gasteiger partial charge in [0.2, 0.25) is 0 Å². The van der Waals surface area contributed by atoms with Gasteiger partial charge in [-0.05, 0) is 18.1 Å². The number of halogens is 1. The van der Waals surface area contributed by atoms with Crippen molar-refractivity contribution in [3.05, 3.63) is 35.6 Å². The fourth-order valence-corrected chi connectivity index (χ4v) is 1.72. The second kappa shape index (κ2) is 7.11. The highest BCUT2D eigenvalue weighted by Crippen LogP contribution is 2.11. The average Bonchev–Trinajstić information content (AvgIpc) is 2.34. The molecule has 18 heavy (non-hydrogen) atoms. The first kappa shape index (κ1) is 14.6. The molecule has 1 aromatic rings. The first-order valence-corrected chi connectivity index (χ1v) is 6.09. The molecule has 0 N–H and O–H groups in total. The minimum absolute atomic E-state index is 0.120. The third-order valence-electron chi connectivity index (χ3n) is 2.54. The molecule has 0 aliphatic rings. The van der Waals surface area contributed by atoms with Crippen molar-refractivity contribution >= 4 is 5.91 Å². The number of hydrogen-bond donors (Lipinski definition) is 0. The molecule has 0 heterocycles. The SMILES string of the molecule is COCCN(CC(C)C)C(=O)c1ccccc1F. The van der Waals surface area contributed by atoms with E-state index in [0.29, 0.717) is 25.6 Å². The van der Waals surface area contributed by atoms with Gasteiger partial charge in [-0.1, -0.05) is 26.0 Å². The van der Waals surface area contributed by atoms with Gasteiger partial charge < -0.3 is 9.64 Å². The van der Waals surface area contributed by atoms with E-state index < -0.39 is 5.82 Å². The van der Waals surface area contributed by atoms with Gasteiger partial charge in [0.1, 0.15) is 5.82 Å². The van der Waals surface area contributed by atoms with Crippen LogP contribution in [0.25, 0.3) is 0 Å². The highest BCUT2D eigenvalue weighted by Gasteiger charge is 2.19. The summed E-state index contributed by atoms with van der Waals surface area (Å²) in [4.78, 5) is 13.9. The van der Waals surface area contributed by atoms with Crippen LogP contribution in [0.3, 0.4) is 0 Å². The zero-order valence-corrected chi connectivity index (χ0v) is 11.1. The van der Waals surface area contributed by atoms with Crippen LogP contribution in [-0.2, 0) is 4.74 Å². The van der Waals surface area contributed by atoms with Crippen LogP contribution in [0.4, 0.5) is 4.39 Å². The van der Waals surface area contributed by atoms with Crippen molar-refractivity contribution in [2.75, 3.05) is 26.8 Å². The maximum atomic E-state index is 13.6. The van der Waals surface area contributed by atoms with Crippen molar-refractivity contribution < 1.29 is 13.9 Å². The summed E-state index contributed by atoms with van der Waals surface area (Å²) in [5.74, 6) is -0.426. The second-order valence-electron chi connectivity index (χ2n) is 4.62. The lowest BCUT2D eigenvalue weighted by Crippen LogP contribution is -2.37. The summed E-state index contributed by atoms with van der Waals surface area (Å²) in [6.07, 6.45) is 0. The van der Waals surface area contributed by atoms with E-state index in [1.54, 1.807) is 24.1 Å². The van der Waals surface area contributed by atoms with E-state index in [-0.39, 0.29) is 11.5 Å². The molecule has 0 aromatic heterocycles. The van der Waals surface area contributed by atoms with Crippen LogP contribution < -0.4 is 0 Å². The van der Waals surface area contributed by atoms with Crippen molar-refractivity contribution in [2.45, 2.75) is 13.8 Å². The zero-order valence-electron chi connectivity index (χ0n) is 11.1. The Morgan fingerprint density at radius 2 is 2.06 bits per heavy atom. The molecule has 0 bridgehead atoms. The van der Waals surface area contributed by atoms with Gasteiger partial charge in [-0.2, -0.15) is 0 Å². The van der Waals surface area contributed by atoms with Crippen LogP contribution in [0.15, 0.2) is 24.3 Å². The summed E-state index contributed by atoms with van der Waals surface area (Å²) >= 11 is 0. The van der Waals surface area contributed by atoms with E-state index in [1.807, 2.05) is 13.8 Å². The lowest BCUT2D eigenvalue weighted by Gasteiger charge is -2.24. The van der Waals surface area contributed by atoms with E-state index in [0.717, 1.165) is 0 Å². The predicted molar refractivity (Wildman–Crippen MR) is 69.0 cm³/mol. The minimum Gasteiger partial charge on any atom is -0.383 e. The number of rotatable bonds is 6. The average molecular weight is 253 g/mol. The van der Waals surface area contributed by atoms with E-state index in [1.165, 1.54) is 12.1 Å². The third kappa shape index (κ3) is 4.11. The van der Waals surface area contributed by atoms with E-state index in [2.05, 4.69) is 0 Å². The van der Waals surface area contributed by atoms with Crippen LogP contribution in [0, 0.1) is 11.7 Å². The Hall–Kier alpha value is -1.42. The Bertz CT molecular complexity index is 393. The van der Waals surface area contributed by atoms with Gasteiger partial charge in [0.15, 0.2) is 0 Å². The lowest BCUT2D eigenvalue weighted by molar-refractivity contribution is 0.0667. The quantitative estimate of drug-likeness (QED) is 0.780. The van der Waals surface area contributed by atoms with E-state index in [9.17, 15) is 9.18 Å². The maximum Gasteiger partial charge on any atom is 0.256 e. The molecule has 0 unspecified atom stereocenters.